The van der Waals surface area contributed by atoms with E-state index >= 15 is 0 Å². The first-order chi connectivity index (χ1) is 8.72. The predicted molar refractivity (Wildman–Crippen MR) is 70.6 cm³/mol. The zero-order valence-electron chi connectivity index (χ0n) is 9.72. The molecular formula is C10H14N6OS. The van der Waals surface area contributed by atoms with Gasteiger partial charge in [0.05, 0.1) is 11.6 Å². The van der Waals surface area contributed by atoms with Crippen LogP contribution in [0.1, 0.15) is 12.8 Å². The van der Waals surface area contributed by atoms with E-state index in [9.17, 15) is 4.21 Å². The second-order valence-electron chi connectivity index (χ2n) is 4.33. The smallest absolute Gasteiger partial charge is 0.224 e. The molecular weight excluding hydrogens is 252 g/mol. The highest BCUT2D eigenvalue weighted by molar-refractivity contribution is 7.85. The van der Waals surface area contributed by atoms with Gasteiger partial charge in [0.1, 0.15) is 5.82 Å². The van der Waals surface area contributed by atoms with Crippen LogP contribution in [0.2, 0.25) is 0 Å². The molecule has 1 saturated heterocycles. The standard InChI is InChI=1S/C10H14N6OS/c11-10-14-8(7-5-12-16-9(7)15-10)13-6-1-3-18(17)4-2-6/h5-6H,1-4H2,(H4,11,12,13,14,15,16). The van der Waals surface area contributed by atoms with Gasteiger partial charge in [-0.2, -0.15) is 15.1 Å². The Morgan fingerprint density at radius 1 is 1.39 bits per heavy atom. The fourth-order valence-corrected chi connectivity index (χ4v) is 3.39. The number of fused-ring (bicyclic) bond motifs is 1. The minimum Gasteiger partial charge on any atom is -0.368 e. The largest absolute Gasteiger partial charge is 0.368 e. The lowest BCUT2D eigenvalue weighted by molar-refractivity contribution is 0.623. The second-order valence-corrected chi connectivity index (χ2v) is 6.03. The zero-order valence-corrected chi connectivity index (χ0v) is 10.5. The van der Waals surface area contributed by atoms with Crippen LogP contribution in [0.4, 0.5) is 11.8 Å². The van der Waals surface area contributed by atoms with Crippen LogP contribution in [0, 0.1) is 0 Å². The molecule has 0 unspecified atom stereocenters. The molecule has 1 fully saturated rings. The van der Waals surface area contributed by atoms with Crippen molar-refractivity contribution in [2.75, 3.05) is 22.6 Å². The lowest BCUT2D eigenvalue weighted by atomic mass is 10.1. The van der Waals surface area contributed by atoms with Gasteiger partial charge in [-0.25, -0.2) is 0 Å². The van der Waals surface area contributed by atoms with Gasteiger partial charge in [-0.3, -0.25) is 9.31 Å². The summed E-state index contributed by atoms with van der Waals surface area (Å²) < 4.78 is 11.3. The lowest BCUT2D eigenvalue weighted by Crippen LogP contribution is -2.29. The minimum absolute atomic E-state index is 0.216. The molecule has 1 aliphatic heterocycles. The molecule has 18 heavy (non-hydrogen) atoms. The van der Waals surface area contributed by atoms with Crippen LogP contribution in [0.15, 0.2) is 6.20 Å². The number of nitrogens with one attached hydrogen (secondary N) is 2. The lowest BCUT2D eigenvalue weighted by Gasteiger charge is -2.23. The van der Waals surface area contributed by atoms with E-state index < -0.39 is 10.8 Å². The van der Waals surface area contributed by atoms with Crippen molar-refractivity contribution in [2.24, 2.45) is 0 Å². The van der Waals surface area contributed by atoms with Gasteiger partial charge in [-0.05, 0) is 12.8 Å². The Balaban J connectivity index is 1.85. The number of aromatic amines is 1. The van der Waals surface area contributed by atoms with E-state index in [1.165, 1.54) is 0 Å². The molecule has 0 radical (unpaired) electrons. The highest BCUT2D eigenvalue weighted by Crippen LogP contribution is 2.22. The Bertz CT molecular complexity index is 587. The van der Waals surface area contributed by atoms with E-state index in [1.54, 1.807) is 6.20 Å². The van der Waals surface area contributed by atoms with Crippen LogP contribution < -0.4 is 11.1 Å². The molecule has 0 amide bonds. The van der Waals surface area contributed by atoms with Crippen molar-refractivity contribution in [1.82, 2.24) is 20.2 Å². The maximum Gasteiger partial charge on any atom is 0.224 e. The molecule has 1 aliphatic rings. The molecule has 3 rings (SSSR count). The summed E-state index contributed by atoms with van der Waals surface area (Å²) in [4.78, 5) is 8.27. The summed E-state index contributed by atoms with van der Waals surface area (Å²) in [5, 5.41) is 10.9. The Morgan fingerprint density at radius 3 is 2.94 bits per heavy atom. The Morgan fingerprint density at radius 2 is 2.17 bits per heavy atom. The predicted octanol–water partition coefficient (Wildman–Crippen LogP) is 0.258. The van der Waals surface area contributed by atoms with Crippen LogP contribution in [-0.2, 0) is 10.8 Å². The molecule has 0 spiro atoms. The normalized spacial score (nSPS) is 24.2. The Labute approximate surface area is 106 Å². The number of nitrogens with zero attached hydrogens (tertiary/aromatic N) is 3. The minimum atomic E-state index is -0.659. The number of hydrogen-bond acceptors (Lipinski definition) is 6. The zero-order chi connectivity index (χ0) is 12.5. The molecule has 2 aromatic rings. The van der Waals surface area contributed by atoms with Gasteiger partial charge >= 0.3 is 0 Å². The van der Waals surface area contributed by atoms with Gasteiger partial charge < -0.3 is 11.1 Å². The number of nitrogens with two attached hydrogens (primary N) is 1. The summed E-state index contributed by atoms with van der Waals surface area (Å²) in [6.07, 6.45) is 3.45. The molecule has 7 nitrogen and oxygen atoms in total. The first-order valence-corrected chi connectivity index (χ1v) is 7.29. The van der Waals surface area contributed by atoms with Gasteiger partial charge in [0.2, 0.25) is 5.95 Å². The molecule has 0 atom stereocenters. The van der Waals surface area contributed by atoms with E-state index in [1.807, 2.05) is 0 Å². The fraction of sp³-hybridized carbons (Fsp3) is 0.500. The molecule has 0 aromatic carbocycles. The van der Waals surface area contributed by atoms with Gasteiger partial charge in [-0.15, -0.1) is 0 Å². The third-order valence-electron chi connectivity index (χ3n) is 3.06. The molecule has 96 valence electrons. The molecule has 0 bridgehead atoms. The van der Waals surface area contributed by atoms with Crippen LogP contribution in [0.5, 0.6) is 0 Å². The molecule has 2 aromatic heterocycles. The number of nitrogen functional groups attached to an aromatic ring is 1. The highest BCUT2D eigenvalue weighted by Gasteiger charge is 2.19. The third-order valence-corrected chi connectivity index (χ3v) is 4.44. The third kappa shape index (κ3) is 2.15. The summed E-state index contributed by atoms with van der Waals surface area (Å²) >= 11 is 0. The number of rotatable bonds is 2. The van der Waals surface area contributed by atoms with Crippen molar-refractivity contribution in [1.29, 1.82) is 0 Å². The van der Waals surface area contributed by atoms with Crippen LogP contribution >= 0.6 is 0 Å². The van der Waals surface area contributed by atoms with Crippen molar-refractivity contribution < 1.29 is 4.21 Å². The van der Waals surface area contributed by atoms with E-state index in [2.05, 4.69) is 25.5 Å². The van der Waals surface area contributed by atoms with Gasteiger partial charge in [0, 0.05) is 28.3 Å². The topological polar surface area (TPSA) is 110 Å². The highest BCUT2D eigenvalue weighted by atomic mass is 32.2. The Hall–Kier alpha value is -1.70. The quantitative estimate of drug-likeness (QED) is 0.719. The van der Waals surface area contributed by atoms with Crippen molar-refractivity contribution >= 4 is 33.6 Å². The fourth-order valence-electron chi connectivity index (χ4n) is 2.09. The molecule has 8 heteroatoms. The average Bonchev–Trinajstić information content (AvgIpc) is 2.80. The van der Waals surface area contributed by atoms with Crippen LogP contribution in [-0.4, -0.2) is 41.9 Å². The summed E-state index contributed by atoms with van der Waals surface area (Å²) in [7, 11) is -0.659. The van der Waals surface area contributed by atoms with Crippen molar-refractivity contribution in [3.63, 3.8) is 0 Å². The van der Waals surface area contributed by atoms with E-state index in [0.717, 1.165) is 29.7 Å². The van der Waals surface area contributed by atoms with Crippen LogP contribution in [0.25, 0.3) is 11.0 Å². The number of anilines is 2. The number of hydrogen-bond donors (Lipinski definition) is 3. The molecule has 4 N–H and O–H groups in total. The molecule has 3 heterocycles. The summed E-state index contributed by atoms with van der Waals surface area (Å²) in [5.41, 5.74) is 6.28. The summed E-state index contributed by atoms with van der Waals surface area (Å²) in [6, 6.07) is 0.287. The van der Waals surface area contributed by atoms with E-state index in [-0.39, 0.29) is 12.0 Å². The maximum atomic E-state index is 11.3. The molecule has 0 aliphatic carbocycles. The molecule has 0 saturated carbocycles. The maximum absolute atomic E-state index is 11.3. The monoisotopic (exact) mass is 266 g/mol. The number of H-pyrrole nitrogens is 1. The van der Waals surface area contributed by atoms with Crippen molar-refractivity contribution in [3.05, 3.63) is 6.20 Å². The summed E-state index contributed by atoms with van der Waals surface area (Å²) in [5.74, 6) is 2.40. The van der Waals surface area contributed by atoms with Crippen molar-refractivity contribution in [2.45, 2.75) is 18.9 Å². The second kappa shape index (κ2) is 4.52. The summed E-state index contributed by atoms with van der Waals surface area (Å²) in [6.45, 7) is 0. The Kier molecular flexibility index (Phi) is 2.86. The van der Waals surface area contributed by atoms with Crippen molar-refractivity contribution in [3.8, 4) is 0 Å². The van der Waals surface area contributed by atoms with Gasteiger partial charge in [-0.1, -0.05) is 0 Å². The van der Waals surface area contributed by atoms with Gasteiger partial charge in [0.25, 0.3) is 0 Å². The van der Waals surface area contributed by atoms with Crippen LogP contribution in [0.3, 0.4) is 0 Å². The number of aromatic nitrogens is 4. The van der Waals surface area contributed by atoms with E-state index in [0.29, 0.717) is 11.5 Å². The van der Waals surface area contributed by atoms with Gasteiger partial charge in [0.15, 0.2) is 5.65 Å². The van der Waals surface area contributed by atoms with E-state index in [4.69, 9.17) is 5.73 Å². The SMILES string of the molecule is Nc1nc(NC2CCS(=O)CC2)c2cn[nH]c2n1. The first kappa shape index (κ1) is 11.4. The first-order valence-electron chi connectivity index (χ1n) is 5.80. The average molecular weight is 266 g/mol.